The molecule has 1 atom stereocenters. The summed E-state index contributed by atoms with van der Waals surface area (Å²) in [6.45, 7) is 6.57. The number of carbonyl (C=O) groups excluding carboxylic acids is 2. The van der Waals surface area contributed by atoms with E-state index in [2.05, 4.69) is 35.8 Å². The molecule has 0 unspecified atom stereocenters. The fraction of sp³-hybridized carbons (Fsp3) is 0.364. The lowest BCUT2D eigenvalue weighted by molar-refractivity contribution is -0.119. The number of aryl methyl sites for hydroxylation is 1. The number of anilines is 1. The van der Waals surface area contributed by atoms with Gasteiger partial charge in [0.25, 0.3) is 0 Å². The third kappa shape index (κ3) is 4.88. The van der Waals surface area contributed by atoms with Crippen LogP contribution < -0.4 is 10.6 Å². The fourth-order valence-corrected chi connectivity index (χ4v) is 3.35. The smallest absolute Gasteiger partial charge is 0.322 e. The van der Waals surface area contributed by atoms with Crippen LogP contribution in [0.25, 0.3) is 11.1 Å². The average molecular weight is 365 g/mol. The van der Waals surface area contributed by atoms with E-state index in [-0.39, 0.29) is 24.0 Å². The Bertz CT molecular complexity index is 815. The molecule has 1 fully saturated rings. The molecule has 0 bridgehead atoms. The maximum atomic E-state index is 12.7. The lowest BCUT2D eigenvalue weighted by atomic mass is 10.0. The molecule has 0 spiro atoms. The van der Waals surface area contributed by atoms with Crippen molar-refractivity contribution in [3.05, 3.63) is 54.1 Å². The van der Waals surface area contributed by atoms with Gasteiger partial charge in [0.15, 0.2) is 0 Å². The first kappa shape index (κ1) is 19.0. The van der Waals surface area contributed by atoms with Crippen molar-refractivity contribution >= 4 is 17.6 Å². The zero-order valence-corrected chi connectivity index (χ0v) is 16.2. The van der Waals surface area contributed by atoms with Crippen molar-refractivity contribution in [2.45, 2.75) is 45.7 Å². The lowest BCUT2D eigenvalue weighted by Gasteiger charge is -2.29. The first-order valence-corrected chi connectivity index (χ1v) is 9.46. The summed E-state index contributed by atoms with van der Waals surface area (Å²) in [4.78, 5) is 25.9. The first-order chi connectivity index (χ1) is 12.9. The number of benzene rings is 2. The molecule has 1 saturated heterocycles. The van der Waals surface area contributed by atoms with Crippen LogP contribution in [-0.2, 0) is 4.79 Å². The summed E-state index contributed by atoms with van der Waals surface area (Å²) in [6, 6.07) is 16.2. The molecule has 0 aromatic heterocycles. The second-order valence-electron chi connectivity index (χ2n) is 7.43. The second-order valence-corrected chi connectivity index (χ2v) is 7.43. The third-order valence-electron chi connectivity index (χ3n) is 4.87. The summed E-state index contributed by atoms with van der Waals surface area (Å²) in [7, 11) is 0. The second kappa shape index (κ2) is 8.25. The van der Waals surface area contributed by atoms with E-state index < -0.39 is 0 Å². The lowest BCUT2D eigenvalue weighted by Crippen LogP contribution is -2.47. The van der Waals surface area contributed by atoms with Crippen molar-refractivity contribution in [1.82, 2.24) is 10.2 Å². The van der Waals surface area contributed by atoms with Gasteiger partial charge in [0.05, 0.1) is 0 Å². The molecule has 2 aromatic rings. The van der Waals surface area contributed by atoms with Gasteiger partial charge in [-0.2, -0.15) is 0 Å². The zero-order valence-electron chi connectivity index (χ0n) is 16.2. The van der Waals surface area contributed by atoms with Crippen LogP contribution in [0.3, 0.4) is 0 Å². The van der Waals surface area contributed by atoms with Crippen LogP contribution in [0.15, 0.2) is 48.5 Å². The Morgan fingerprint density at radius 1 is 1.19 bits per heavy atom. The van der Waals surface area contributed by atoms with Crippen molar-refractivity contribution in [3.8, 4) is 11.1 Å². The van der Waals surface area contributed by atoms with Gasteiger partial charge < -0.3 is 15.5 Å². The highest BCUT2D eigenvalue weighted by atomic mass is 16.2. The van der Waals surface area contributed by atoms with Gasteiger partial charge in [-0.15, -0.1) is 0 Å². The molecule has 0 aliphatic carbocycles. The number of hydrogen-bond acceptors (Lipinski definition) is 2. The molecule has 1 aliphatic rings. The summed E-state index contributed by atoms with van der Waals surface area (Å²) in [5, 5.41) is 5.90. The van der Waals surface area contributed by atoms with Crippen LogP contribution in [0.1, 0.15) is 32.3 Å². The first-order valence-electron chi connectivity index (χ1n) is 9.46. The molecule has 5 nitrogen and oxygen atoms in total. The maximum absolute atomic E-state index is 12.7. The quantitative estimate of drug-likeness (QED) is 0.835. The molecule has 0 saturated carbocycles. The van der Waals surface area contributed by atoms with Crippen molar-refractivity contribution < 1.29 is 9.59 Å². The van der Waals surface area contributed by atoms with Crippen LogP contribution in [0.2, 0.25) is 0 Å². The summed E-state index contributed by atoms with van der Waals surface area (Å²) >= 11 is 0. The minimum Gasteiger partial charge on any atom is -0.352 e. The van der Waals surface area contributed by atoms with E-state index in [9.17, 15) is 9.59 Å². The predicted molar refractivity (Wildman–Crippen MR) is 109 cm³/mol. The highest BCUT2D eigenvalue weighted by Gasteiger charge is 2.26. The number of rotatable bonds is 5. The third-order valence-corrected chi connectivity index (χ3v) is 4.87. The molecule has 3 amide bonds. The molecule has 142 valence electrons. The Morgan fingerprint density at radius 3 is 2.52 bits per heavy atom. The number of urea groups is 1. The number of hydrogen-bond donors (Lipinski definition) is 2. The van der Waals surface area contributed by atoms with Gasteiger partial charge in [0.2, 0.25) is 5.91 Å². The SMILES string of the molecule is Cc1cccc(-c2ccc(NC(=O)N(C[C@H]3CCC(=O)N3)C(C)C)cc2)c1. The van der Waals surface area contributed by atoms with Crippen molar-refractivity contribution in [2.75, 3.05) is 11.9 Å². The number of carbonyl (C=O) groups is 2. The molecular weight excluding hydrogens is 338 g/mol. The van der Waals surface area contributed by atoms with Gasteiger partial charge in [-0.1, -0.05) is 42.0 Å². The molecule has 2 N–H and O–H groups in total. The molecule has 5 heteroatoms. The zero-order chi connectivity index (χ0) is 19.4. The van der Waals surface area contributed by atoms with Crippen LogP contribution >= 0.6 is 0 Å². The summed E-state index contributed by atoms with van der Waals surface area (Å²) in [5.41, 5.74) is 4.26. The highest BCUT2D eigenvalue weighted by molar-refractivity contribution is 5.90. The Balaban J connectivity index is 1.65. The molecule has 3 rings (SSSR count). The normalized spacial score (nSPS) is 16.3. The van der Waals surface area contributed by atoms with Crippen LogP contribution in [-0.4, -0.2) is 35.5 Å². The molecular formula is C22H27N3O2. The molecule has 1 heterocycles. The monoisotopic (exact) mass is 365 g/mol. The average Bonchev–Trinajstić information content (AvgIpc) is 3.05. The van der Waals surface area contributed by atoms with E-state index in [0.29, 0.717) is 13.0 Å². The summed E-state index contributed by atoms with van der Waals surface area (Å²) < 4.78 is 0. The summed E-state index contributed by atoms with van der Waals surface area (Å²) in [6.07, 6.45) is 1.32. The molecule has 2 aromatic carbocycles. The van der Waals surface area contributed by atoms with E-state index in [4.69, 9.17) is 0 Å². The molecule has 27 heavy (non-hydrogen) atoms. The van der Waals surface area contributed by atoms with Gasteiger partial charge in [-0.25, -0.2) is 4.79 Å². The van der Waals surface area contributed by atoms with Crippen molar-refractivity contribution in [3.63, 3.8) is 0 Å². The molecule has 1 aliphatic heterocycles. The topological polar surface area (TPSA) is 61.4 Å². The number of nitrogens with one attached hydrogen (secondary N) is 2. The van der Waals surface area contributed by atoms with Crippen LogP contribution in [0.4, 0.5) is 10.5 Å². The van der Waals surface area contributed by atoms with E-state index in [1.165, 1.54) is 5.56 Å². The largest absolute Gasteiger partial charge is 0.352 e. The predicted octanol–water partition coefficient (Wildman–Crippen LogP) is 4.18. The van der Waals surface area contributed by atoms with Crippen LogP contribution in [0.5, 0.6) is 0 Å². The maximum Gasteiger partial charge on any atom is 0.322 e. The Labute approximate surface area is 160 Å². The van der Waals surface area contributed by atoms with Crippen molar-refractivity contribution in [2.24, 2.45) is 0 Å². The fourth-order valence-electron chi connectivity index (χ4n) is 3.35. The Hall–Kier alpha value is -2.82. The Morgan fingerprint density at radius 2 is 1.93 bits per heavy atom. The molecule has 0 radical (unpaired) electrons. The highest BCUT2D eigenvalue weighted by Crippen LogP contribution is 2.22. The van der Waals surface area contributed by atoms with Gasteiger partial charge in [-0.05, 0) is 50.5 Å². The number of amides is 3. The minimum absolute atomic E-state index is 0.0364. The van der Waals surface area contributed by atoms with Gasteiger partial charge in [-0.3, -0.25) is 4.79 Å². The van der Waals surface area contributed by atoms with Gasteiger partial charge in [0.1, 0.15) is 0 Å². The van der Waals surface area contributed by atoms with E-state index in [0.717, 1.165) is 23.2 Å². The minimum atomic E-state index is -0.144. The van der Waals surface area contributed by atoms with Crippen LogP contribution in [0, 0.1) is 6.92 Å². The van der Waals surface area contributed by atoms with E-state index in [1.54, 1.807) is 4.90 Å². The van der Waals surface area contributed by atoms with E-state index >= 15 is 0 Å². The Kier molecular flexibility index (Phi) is 5.79. The van der Waals surface area contributed by atoms with Gasteiger partial charge in [0, 0.05) is 30.7 Å². The van der Waals surface area contributed by atoms with Gasteiger partial charge >= 0.3 is 6.03 Å². The van der Waals surface area contributed by atoms with Crippen molar-refractivity contribution in [1.29, 1.82) is 0 Å². The number of nitrogens with zero attached hydrogens (tertiary/aromatic N) is 1. The standard InChI is InChI=1S/C22H27N3O2/c1-15(2)25(14-20-11-12-21(26)23-20)22(27)24-19-9-7-17(8-10-19)18-6-4-5-16(3)13-18/h4-10,13,15,20H,11-12,14H2,1-3H3,(H,23,26)(H,24,27)/t20-/m1/s1. The van der Waals surface area contributed by atoms with E-state index in [1.807, 2.05) is 44.2 Å². The summed E-state index contributed by atoms with van der Waals surface area (Å²) in [5.74, 6) is 0.0656.